The Hall–Kier alpha value is -0.260. The van der Waals surface area contributed by atoms with Crippen molar-refractivity contribution in [1.29, 1.82) is 0 Å². The molecule has 0 fully saturated rings. The van der Waals surface area contributed by atoms with Gasteiger partial charge >= 0.3 is 0 Å². The first-order chi connectivity index (χ1) is 14.1. The van der Waals surface area contributed by atoms with Gasteiger partial charge < -0.3 is 5.32 Å². The largest absolute Gasteiger partial charge is 0.347 e. The number of rotatable bonds is 16. The molecule has 0 unspecified atom stereocenters. The molecule has 0 saturated carbocycles. The number of nitrogens with zero attached hydrogens (tertiary/aromatic N) is 1. The number of hydrogen-bond donors (Lipinski definition) is 1. The fourth-order valence-electron chi connectivity index (χ4n) is 3.66. The monoisotopic (exact) mass is 454 g/mol. The number of aromatic nitrogens is 1. The van der Waals surface area contributed by atoms with Gasteiger partial charge in [-0.05, 0) is 38.3 Å². The molecule has 0 aliphatic rings. The Labute approximate surface area is 194 Å². The highest BCUT2D eigenvalue weighted by Gasteiger charge is 2.18. The fourth-order valence-corrected chi connectivity index (χ4v) is 5.30. The molecule has 0 aliphatic heterocycles. The number of thioether (sulfide) groups is 2. The molecule has 29 heavy (non-hydrogen) atoms. The minimum absolute atomic E-state index is 0.485. The molecule has 0 aliphatic carbocycles. The van der Waals surface area contributed by atoms with Crippen LogP contribution in [0.15, 0.2) is 16.0 Å². The van der Waals surface area contributed by atoms with Crippen molar-refractivity contribution in [3.8, 4) is 0 Å². The molecule has 1 rings (SSSR count). The molecule has 166 valence electrons. The van der Waals surface area contributed by atoms with Crippen LogP contribution in [0.2, 0.25) is 0 Å². The maximum atomic E-state index is 5.95. The van der Waals surface area contributed by atoms with Gasteiger partial charge in [-0.3, -0.25) is 0 Å². The predicted molar refractivity (Wildman–Crippen MR) is 139 cm³/mol. The second-order valence-electron chi connectivity index (χ2n) is 7.94. The predicted octanol–water partition coefficient (Wildman–Crippen LogP) is 8.91. The first kappa shape index (κ1) is 26.8. The Kier molecular flexibility index (Phi) is 15.2. The van der Waals surface area contributed by atoms with Crippen molar-refractivity contribution in [2.45, 2.75) is 108 Å². The fraction of sp³-hybridized carbons (Fsp3) is 0.750. The van der Waals surface area contributed by atoms with Crippen LogP contribution in [0.1, 0.15) is 96.6 Å². The van der Waals surface area contributed by atoms with Crippen LogP contribution in [0.4, 0.5) is 5.69 Å². The van der Waals surface area contributed by atoms with E-state index in [1.165, 1.54) is 81.9 Å². The van der Waals surface area contributed by atoms with Crippen LogP contribution in [0.3, 0.4) is 0 Å². The molecule has 0 amide bonds. The van der Waals surface area contributed by atoms with Gasteiger partial charge in [-0.15, -0.1) is 23.5 Å². The molecule has 1 heterocycles. The molecule has 1 aromatic rings. The summed E-state index contributed by atoms with van der Waals surface area (Å²) in [6.45, 7) is 6.62. The van der Waals surface area contributed by atoms with Gasteiger partial charge in [0.2, 0.25) is 0 Å². The zero-order valence-corrected chi connectivity index (χ0v) is 21.8. The van der Waals surface area contributed by atoms with Crippen LogP contribution in [0.25, 0.3) is 0 Å². The van der Waals surface area contributed by atoms with Crippen molar-refractivity contribution in [3.63, 3.8) is 0 Å². The summed E-state index contributed by atoms with van der Waals surface area (Å²) in [6.07, 6.45) is 19.9. The van der Waals surface area contributed by atoms with Gasteiger partial charge in [0, 0.05) is 16.5 Å². The van der Waals surface area contributed by atoms with Gasteiger partial charge in [-0.1, -0.05) is 90.3 Å². The Balaban J connectivity index is 2.76. The molecule has 1 atom stereocenters. The summed E-state index contributed by atoms with van der Waals surface area (Å²) in [6, 6.07) is 2.17. The second kappa shape index (κ2) is 16.4. The minimum Gasteiger partial charge on any atom is -0.347 e. The lowest BCUT2D eigenvalue weighted by Crippen LogP contribution is -2.22. The second-order valence-corrected chi connectivity index (χ2v) is 10.0. The summed E-state index contributed by atoms with van der Waals surface area (Å²) in [4.78, 5) is 6.99. The maximum absolute atomic E-state index is 5.95. The van der Waals surface area contributed by atoms with E-state index in [0.717, 1.165) is 21.4 Å². The molecule has 0 spiro atoms. The zero-order chi connectivity index (χ0) is 21.5. The summed E-state index contributed by atoms with van der Waals surface area (Å²) in [5.41, 5.74) is 2.18. The summed E-state index contributed by atoms with van der Waals surface area (Å²) in [5, 5.41) is 4.69. The summed E-state index contributed by atoms with van der Waals surface area (Å²) >= 11 is 9.42. The van der Waals surface area contributed by atoms with E-state index >= 15 is 0 Å². The highest BCUT2D eigenvalue weighted by molar-refractivity contribution is 7.99. The van der Waals surface area contributed by atoms with Crippen LogP contribution in [0.5, 0.6) is 0 Å². The smallest absolute Gasteiger partial charge is 0.121 e. The number of aryl methyl sites for hydroxylation is 1. The topological polar surface area (TPSA) is 24.9 Å². The van der Waals surface area contributed by atoms with E-state index in [2.05, 4.69) is 44.7 Å². The van der Waals surface area contributed by atoms with E-state index in [9.17, 15) is 0 Å². The number of unbranched alkanes of at least 4 members (excludes halogenated alkanes) is 8. The lowest BCUT2D eigenvalue weighted by atomic mass is 9.94. The first-order valence-corrected chi connectivity index (χ1v) is 14.3. The third-order valence-electron chi connectivity index (χ3n) is 5.42. The highest BCUT2D eigenvalue weighted by atomic mass is 32.2. The summed E-state index contributed by atoms with van der Waals surface area (Å²) in [7, 11) is 0. The average Bonchev–Trinajstić information content (AvgIpc) is 2.72. The number of anilines is 1. The molecular weight excluding hydrogens is 412 g/mol. The van der Waals surface area contributed by atoms with E-state index < -0.39 is 0 Å². The third-order valence-corrected chi connectivity index (χ3v) is 7.30. The van der Waals surface area contributed by atoms with E-state index in [1.807, 2.05) is 0 Å². The van der Waals surface area contributed by atoms with Crippen molar-refractivity contribution >= 4 is 46.4 Å². The van der Waals surface area contributed by atoms with Crippen LogP contribution in [0, 0.1) is 12.8 Å². The normalized spacial score (nSPS) is 12.2. The highest BCUT2D eigenvalue weighted by Crippen LogP contribution is 2.34. The van der Waals surface area contributed by atoms with Crippen molar-refractivity contribution in [3.05, 3.63) is 11.8 Å². The van der Waals surface area contributed by atoms with E-state index in [-0.39, 0.29) is 0 Å². The number of thiocarbonyl (C=S) groups is 1. The molecule has 0 aromatic carbocycles. The van der Waals surface area contributed by atoms with E-state index in [1.54, 1.807) is 23.5 Å². The van der Waals surface area contributed by atoms with Crippen molar-refractivity contribution in [1.82, 2.24) is 4.98 Å². The SMILES string of the molecule is CCCCCCCC[C@H](CCCCCC)C(=S)Nc1c(SC)cc(C)nc1SC. The van der Waals surface area contributed by atoms with Crippen LogP contribution in [-0.4, -0.2) is 22.5 Å². The number of nitrogens with one attached hydrogen (secondary N) is 1. The zero-order valence-electron chi connectivity index (χ0n) is 19.3. The molecule has 0 bridgehead atoms. The van der Waals surface area contributed by atoms with Gasteiger partial charge in [-0.25, -0.2) is 4.98 Å². The molecule has 0 saturated heterocycles. The van der Waals surface area contributed by atoms with Crippen molar-refractivity contribution < 1.29 is 0 Å². The number of hydrogen-bond acceptors (Lipinski definition) is 4. The van der Waals surface area contributed by atoms with Gasteiger partial charge in [0.1, 0.15) is 5.03 Å². The molecule has 5 heteroatoms. The Morgan fingerprint density at radius 1 is 0.931 bits per heavy atom. The first-order valence-electron chi connectivity index (χ1n) is 11.5. The van der Waals surface area contributed by atoms with E-state index in [4.69, 9.17) is 17.2 Å². The Bertz CT molecular complexity index is 564. The van der Waals surface area contributed by atoms with Gasteiger partial charge in [0.25, 0.3) is 0 Å². The van der Waals surface area contributed by atoms with Crippen molar-refractivity contribution in [2.24, 2.45) is 5.92 Å². The van der Waals surface area contributed by atoms with Gasteiger partial charge in [0.05, 0.1) is 10.7 Å². The third kappa shape index (κ3) is 10.5. The maximum Gasteiger partial charge on any atom is 0.121 e. The van der Waals surface area contributed by atoms with Gasteiger partial charge in [0.15, 0.2) is 0 Å². The lowest BCUT2D eigenvalue weighted by molar-refractivity contribution is 0.491. The average molecular weight is 455 g/mol. The van der Waals surface area contributed by atoms with Crippen LogP contribution < -0.4 is 5.32 Å². The van der Waals surface area contributed by atoms with Crippen LogP contribution >= 0.6 is 35.7 Å². The summed E-state index contributed by atoms with van der Waals surface area (Å²) in [5.74, 6) is 0.485. The Morgan fingerprint density at radius 2 is 1.48 bits per heavy atom. The molecule has 1 aromatic heterocycles. The summed E-state index contributed by atoms with van der Waals surface area (Å²) < 4.78 is 0. The van der Waals surface area contributed by atoms with Crippen molar-refractivity contribution in [2.75, 3.05) is 17.8 Å². The molecule has 2 nitrogen and oxygen atoms in total. The number of pyridine rings is 1. The lowest BCUT2D eigenvalue weighted by Gasteiger charge is -2.22. The molecule has 0 radical (unpaired) electrons. The van der Waals surface area contributed by atoms with Gasteiger partial charge in [-0.2, -0.15) is 0 Å². The standard InChI is InChI=1S/C24H42N2S3/c1-6-8-10-12-13-15-17-20(16-14-11-9-7-2)23(27)26-22-21(28-4)18-19(3)25-24(22)29-5/h18,20H,6-17H2,1-5H3,(H,26,27)/t20-/m0/s1. The van der Waals surface area contributed by atoms with Crippen LogP contribution in [-0.2, 0) is 0 Å². The molecular formula is C24H42N2S3. The van der Waals surface area contributed by atoms with E-state index in [0.29, 0.717) is 5.92 Å². The molecule has 1 N–H and O–H groups in total. The minimum atomic E-state index is 0.485. The Morgan fingerprint density at radius 3 is 2.03 bits per heavy atom. The quantitative estimate of drug-likeness (QED) is 0.153.